The van der Waals surface area contributed by atoms with Crippen molar-refractivity contribution < 1.29 is 0 Å². The maximum Gasteiger partial charge on any atom is 0.272 e. The number of rotatable bonds is 2. The van der Waals surface area contributed by atoms with Crippen LogP contribution in [0, 0.1) is 0 Å². The molecule has 3 aromatic rings. The first-order valence-electron chi connectivity index (χ1n) is 8.19. The summed E-state index contributed by atoms with van der Waals surface area (Å²) >= 11 is 0. The first-order chi connectivity index (χ1) is 12.2. The van der Waals surface area contributed by atoms with E-state index in [9.17, 15) is 9.59 Å². The zero-order valence-electron chi connectivity index (χ0n) is 14.9. The maximum absolute atomic E-state index is 12.4. The Kier molecular flexibility index (Phi) is 4.38. The Balaban J connectivity index is 2.12. The molecule has 0 bridgehead atoms. The molecule has 3 rings (SSSR count). The Morgan fingerprint density at radius 3 is 2.12 bits per heavy atom. The summed E-state index contributed by atoms with van der Waals surface area (Å²) in [6.45, 7) is 6.11. The summed E-state index contributed by atoms with van der Waals surface area (Å²) in [5.41, 5.74) is 7.59. The van der Waals surface area contributed by atoms with E-state index >= 15 is 0 Å². The van der Waals surface area contributed by atoms with E-state index < -0.39 is 5.56 Å². The molecule has 7 nitrogen and oxygen atoms in total. The van der Waals surface area contributed by atoms with E-state index in [-0.39, 0.29) is 21.7 Å². The summed E-state index contributed by atoms with van der Waals surface area (Å²) in [5.74, 6) is 0. The summed E-state index contributed by atoms with van der Waals surface area (Å²) in [6.07, 6.45) is 4.74. The molecule has 5 N–H and O–H groups in total. The van der Waals surface area contributed by atoms with Crippen molar-refractivity contribution >= 4 is 17.8 Å². The molecule has 26 heavy (non-hydrogen) atoms. The number of hydrogen-bond donors (Lipinski definition) is 4. The van der Waals surface area contributed by atoms with Crippen molar-refractivity contribution in [3.63, 3.8) is 0 Å². The molecule has 0 radical (unpaired) electrons. The number of aromatic nitrogens is 4. The number of hydrogen-bond acceptors (Lipinski definition) is 4. The van der Waals surface area contributed by atoms with Crippen molar-refractivity contribution in [2.45, 2.75) is 26.2 Å². The predicted octanol–water partition coefficient (Wildman–Crippen LogP) is 0.324. The standard InChI is InChI=1S/C19H21N5O2/c1-19(2,3)16-13(21-10-22-16)9-15-18(26)23-14(17(25)24-15)8-11-4-6-12(20)7-5-11/h4-10H,20H2,1-3H3,(H,21,22)(H,23,26)(H,24,25)/b14-8-,15-9-. The highest BCUT2D eigenvalue weighted by Gasteiger charge is 2.19. The van der Waals surface area contributed by atoms with E-state index in [1.54, 1.807) is 42.7 Å². The number of H-pyrrole nitrogens is 3. The molecular formula is C19H21N5O2. The second kappa shape index (κ2) is 6.51. The molecule has 2 heterocycles. The third-order valence-corrected chi connectivity index (χ3v) is 3.93. The van der Waals surface area contributed by atoms with Crippen molar-refractivity contribution in [1.82, 2.24) is 19.9 Å². The molecule has 0 fully saturated rings. The van der Waals surface area contributed by atoms with Crippen LogP contribution in [-0.2, 0) is 5.41 Å². The number of nitrogens with two attached hydrogens (primary N) is 1. The molecule has 0 saturated carbocycles. The fourth-order valence-corrected chi connectivity index (χ4v) is 2.61. The van der Waals surface area contributed by atoms with Crippen LogP contribution < -0.4 is 27.6 Å². The van der Waals surface area contributed by atoms with Crippen LogP contribution in [0.5, 0.6) is 0 Å². The topological polar surface area (TPSA) is 120 Å². The lowest BCUT2D eigenvalue weighted by Crippen LogP contribution is -2.46. The average Bonchev–Trinajstić information content (AvgIpc) is 3.03. The highest BCUT2D eigenvalue weighted by Crippen LogP contribution is 2.22. The van der Waals surface area contributed by atoms with Gasteiger partial charge in [-0.2, -0.15) is 0 Å². The van der Waals surface area contributed by atoms with Crippen molar-refractivity contribution in [3.8, 4) is 0 Å². The van der Waals surface area contributed by atoms with E-state index in [2.05, 4.69) is 19.9 Å². The molecule has 0 aliphatic carbocycles. The van der Waals surface area contributed by atoms with Gasteiger partial charge in [-0.3, -0.25) is 9.59 Å². The normalized spacial score (nSPS) is 13.3. The van der Waals surface area contributed by atoms with Gasteiger partial charge in [-0.05, 0) is 29.8 Å². The van der Waals surface area contributed by atoms with Gasteiger partial charge in [-0.25, -0.2) is 4.98 Å². The first kappa shape index (κ1) is 17.5. The molecule has 0 amide bonds. The molecule has 0 unspecified atom stereocenters. The Labute approximate surface area is 149 Å². The lowest BCUT2D eigenvalue weighted by Gasteiger charge is -2.16. The molecule has 0 spiro atoms. The molecular weight excluding hydrogens is 330 g/mol. The van der Waals surface area contributed by atoms with Crippen LogP contribution in [0.25, 0.3) is 12.2 Å². The van der Waals surface area contributed by atoms with Gasteiger partial charge in [-0.15, -0.1) is 0 Å². The van der Waals surface area contributed by atoms with Gasteiger partial charge in [-0.1, -0.05) is 32.9 Å². The Hall–Kier alpha value is -3.35. The highest BCUT2D eigenvalue weighted by atomic mass is 16.1. The van der Waals surface area contributed by atoms with Gasteiger partial charge < -0.3 is 20.7 Å². The lowest BCUT2D eigenvalue weighted by molar-refractivity contribution is 0.571. The van der Waals surface area contributed by atoms with Gasteiger partial charge in [0.15, 0.2) is 0 Å². The van der Waals surface area contributed by atoms with Crippen molar-refractivity contribution in [2.75, 3.05) is 5.73 Å². The smallest absolute Gasteiger partial charge is 0.272 e. The fourth-order valence-electron chi connectivity index (χ4n) is 2.61. The second-order valence-electron chi connectivity index (χ2n) is 7.10. The first-order valence-corrected chi connectivity index (χ1v) is 8.19. The molecule has 0 atom stereocenters. The molecule has 1 aromatic carbocycles. The third kappa shape index (κ3) is 3.66. The molecule has 7 heteroatoms. The van der Waals surface area contributed by atoms with Crippen LogP contribution in [0.1, 0.15) is 37.7 Å². The second-order valence-corrected chi connectivity index (χ2v) is 7.10. The number of nitrogens with one attached hydrogen (secondary N) is 3. The lowest BCUT2D eigenvalue weighted by atomic mass is 9.90. The minimum absolute atomic E-state index is 0.155. The Bertz CT molecular complexity index is 1160. The third-order valence-electron chi connectivity index (χ3n) is 3.93. The Morgan fingerprint density at radius 2 is 1.54 bits per heavy atom. The van der Waals surface area contributed by atoms with E-state index in [0.29, 0.717) is 11.4 Å². The van der Waals surface area contributed by atoms with E-state index in [1.165, 1.54) is 0 Å². The van der Waals surface area contributed by atoms with Crippen molar-refractivity contribution in [2.24, 2.45) is 0 Å². The van der Waals surface area contributed by atoms with Gasteiger partial charge in [0.05, 0.1) is 12.0 Å². The largest absolute Gasteiger partial charge is 0.399 e. The minimum Gasteiger partial charge on any atom is -0.399 e. The number of nitrogens with zero attached hydrogens (tertiary/aromatic N) is 1. The van der Waals surface area contributed by atoms with Crippen LogP contribution in [0.15, 0.2) is 40.2 Å². The SMILES string of the molecule is CC(C)(C)c1[nH]cnc1/C=c1\[nH]c(=O)/c(=C/c2ccc(N)cc2)[nH]c1=O. The predicted molar refractivity (Wildman–Crippen MR) is 102 cm³/mol. The summed E-state index contributed by atoms with van der Waals surface area (Å²) in [6, 6.07) is 7.00. The van der Waals surface area contributed by atoms with Crippen LogP contribution in [-0.4, -0.2) is 19.9 Å². The van der Waals surface area contributed by atoms with Crippen LogP contribution >= 0.6 is 0 Å². The van der Waals surface area contributed by atoms with Gasteiger partial charge >= 0.3 is 0 Å². The average molecular weight is 351 g/mol. The van der Waals surface area contributed by atoms with Gasteiger partial charge in [0.1, 0.15) is 10.7 Å². The quantitative estimate of drug-likeness (QED) is 0.497. The monoisotopic (exact) mass is 351 g/mol. The molecule has 2 aromatic heterocycles. The summed E-state index contributed by atoms with van der Waals surface area (Å²) in [7, 11) is 0. The fraction of sp³-hybridized carbons (Fsp3) is 0.211. The molecule has 0 saturated heterocycles. The summed E-state index contributed by atoms with van der Waals surface area (Å²) in [5, 5.41) is 0.331. The van der Waals surface area contributed by atoms with Crippen LogP contribution in [0.2, 0.25) is 0 Å². The zero-order chi connectivity index (χ0) is 18.9. The summed E-state index contributed by atoms with van der Waals surface area (Å²) < 4.78 is 0. The number of imidazole rings is 1. The molecule has 134 valence electrons. The van der Waals surface area contributed by atoms with Crippen molar-refractivity contribution in [3.05, 3.63) is 78.9 Å². The van der Waals surface area contributed by atoms with Gasteiger partial charge in [0.2, 0.25) is 0 Å². The van der Waals surface area contributed by atoms with Crippen LogP contribution in [0.4, 0.5) is 5.69 Å². The van der Waals surface area contributed by atoms with Crippen molar-refractivity contribution in [1.29, 1.82) is 0 Å². The van der Waals surface area contributed by atoms with Crippen LogP contribution in [0.3, 0.4) is 0 Å². The maximum atomic E-state index is 12.4. The number of anilines is 1. The van der Waals surface area contributed by atoms with E-state index in [0.717, 1.165) is 11.3 Å². The number of benzene rings is 1. The van der Waals surface area contributed by atoms with E-state index in [4.69, 9.17) is 5.73 Å². The highest BCUT2D eigenvalue weighted by molar-refractivity contribution is 5.52. The van der Waals surface area contributed by atoms with Gasteiger partial charge in [0, 0.05) is 16.8 Å². The minimum atomic E-state index is -0.394. The summed E-state index contributed by atoms with van der Waals surface area (Å²) in [4.78, 5) is 37.3. The molecule has 0 aliphatic rings. The van der Waals surface area contributed by atoms with E-state index in [1.807, 2.05) is 20.8 Å². The zero-order valence-corrected chi connectivity index (χ0v) is 14.9. The molecule has 0 aliphatic heterocycles. The number of nitrogen functional groups attached to an aromatic ring is 1. The Morgan fingerprint density at radius 1 is 0.962 bits per heavy atom. The number of aromatic amines is 3. The van der Waals surface area contributed by atoms with Gasteiger partial charge in [0.25, 0.3) is 11.1 Å².